The second-order valence-electron chi connectivity index (χ2n) is 8.62. The Hall–Kier alpha value is -2.79. The molecular formula is C28H34ClNO4. The predicted octanol–water partition coefficient (Wildman–Crippen LogP) is 6.29. The Morgan fingerprint density at radius 2 is 1.85 bits per heavy atom. The summed E-state index contributed by atoms with van der Waals surface area (Å²) in [5.41, 5.74) is 3.36. The van der Waals surface area contributed by atoms with Crippen LogP contribution in [0.25, 0.3) is 0 Å². The number of carbonyl (C=O) groups excluding carboxylic acids is 2. The number of hydrogen-bond donors (Lipinski definition) is 0. The molecule has 2 heterocycles. The highest BCUT2D eigenvalue weighted by molar-refractivity contribution is 6.32. The van der Waals surface area contributed by atoms with E-state index >= 15 is 0 Å². The second kappa shape index (κ2) is 11.6. The molecule has 34 heavy (non-hydrogen) atoms. The Morgan fingerprint density at radius 1 is 1.15 bits per heavy atom. The van der Waals surface area contributed by atoms with Gasteiger partial charge in [-0.05, 0) is 48.1 Å². The van der Waals surface area contributed by atoms with Crippen molar-refractivity contribution in [3.63, 3.8) is 0 Å². The molecule has 2 atom stereocenters. The second-order valence-corrected chi connectivity index (χ2v) is 9.03. The fourth-order valence-electron chi connectivity index (χ4n) is 4.53. The van der Waals surface area contributed by atoms with E-state index in [2.05, 4.69) is 18.7 Å². The lowest BCUT2D eigenvalue weighted by atomic mass is 9.80. The average molecular weight is 484 g/mol. The van der Waals surface area contributed by atoms with E-state index in [0.717, 1.165) is 23.1 Å². The van der Waals surface area contributed by atoms with E-state index in [1.807, 2.05) is 56.3 Å². The van der Waals surface area contributed by atoms with E-state index < -0.39 is 5.97 Å². The number of Topliss-reactive ketones (excluding diaryl/α,β-unsaturated/α-hetero) is 1. The Labute approximate surface area is 207 Å². The van der Waals surface area contributed by atoms with Crippen LogP contribution in [0.3, 0.4) is 0 Å². The fraction of sp³-hybridized carbons (Fsp3) is 0.429. The molecule has 0 saturated carbocycles. The van der Waals surface area contributed by atoms with Crippen LogP contribution >= 0.6 is 11.6 Å². The first-order chi connectivity index (χ1) is 16.4. The van der Waals surface area contributed by atoms with Gasteiger partial charge in [0.05, 0.1) is 17.7 Å². The van der Waals surface area contributed by atoms with Crippen molar-refractivity contribution in [2.75, 3.05) is 6.61 Å². The number of halogens is 1. The molecule has 2 aromatic carbocycles. The molecular weight excluding hydrogens is 450 g/mol. The minimum atomic E-state index is -0.549. The molecule has 182 valence electrons. The van der Waals surface area contributed by atoms with Gasteiger partial charge in [-0.25, -0.2) is 4.79 Å². The number of ether oxygens (including phenoxy) is 2. The summed E-state index contributed by atoms with van der Waals surface area (Å²) in [7, 11) is 0. The Kier molecular flexibility index (Phi) is 8.78. The van der Waals surface area contributed by atoms with E-state index in [1.165, 1.54) is 0 Å². The van der Waals surface area contributed by atoms with Gasteiger partial charge in [0.2, 0.25) is 0 Å². The topological polar surface area (TPSA) is 55.8 Å². The van der Waals surface area contributed by atoms with E-state index in [-0.39, 0.29) is 36.5 Å². The Balaban J connectivity index is 0.00000158. The fourth-order valence-corrected chi connectivity index (χ4v) is 4.76. The van der Waals surface area contributed by atoms with Crippen molar-refractivity contribution in [1.29, 1.82) is 0 Å². The van der Waals surface area contributed by atoms with Crippen LogP contribution < -0.4 is 4.74 Å². The highest BCUT2D eigenvalue weighted by Crippen LogP contribution is 2.44. The molecule has 0 amide bonds. The molecule has 0 radical (unpaired) electrons. The van der Waals surface area contributed by atoms with Gasteiger partial charge in [-0.2, -0.15) is 0 Å². The van der Waals surface area contributed by atoms with Crippen molar-refractivity contribution in [3.05, 3.63) is 76.0 Å². The number of ketones is 1. The molecule has 6 heteroatoms. The number of carbonyl (C=O) groups is 2. The smallest absolute Gasteiger partial charge is 0.343 e. The summed E-state index contributed by atoms with van der Waals surface area (Å²) in [5.74, 6) is 0.227. The minimum absolute atomic E-state index is 0.131. The number of nitrogens with zero attached hydrogens (tertiary/aromatic N) is 1. The van der Waals surface area contributed by atoms with Crippen molar-refractivity contribution in [3.8, 4) is 5.75 Å². The van der Waals surface area contributed by atoms with Gasteiger partial charge in [0.15, 0.2) is 5.78 Å². The molecule has 2 aromatic rings. The normalized spacial score (nSPS) is 18.9. The summed E-state index contributed by atoms with van der Waals surface area (Å²) >= 11 is 6.60. The molecule has 5 nitrogen and oxygen atoms in total. The number of fused-ring (bicyclic) bond motifs is 3. The molecule has 2 aliphatic rings. The van der Waals surface area contributed by atoms with Crippen LogP contribution in [0, 0.1) is 5.92 Å². The maximum absolute atomic E-state index is 12.8. The van der Waals surface area contributed by atoms with E-state index in [1.54, 1.807) is 13.1 Å². The summed E-state index contributed by atoms with van der Waals surface area (Å²) in [6.45, 7) is 10.7. The maximum Gasteiger partial charge on any atom is 0.343 e. The largest absolute Gasteiger partial charge is 0.487 e. The summed E-state index contributed by atoms with van der Waals surface area (Å²) in [6, 6.07) is 13.9. The van der Waals surface area contributed by atoms with Crippen molar-refractivity contribution < 1.29 is 19.1 Å². The molecule has 0 aliphatic carbocycles. The first-order valence-corrected chi connectivity index (χ1v) is 12.5. The van der Waals surface area contributed by atoms with Crippen LogP contribution in [0.4, 0.5) is 0 Å². The van der Waals surface area contributed by atoms with E-state index in [4.69, 9.17) is 21.1 Å². The van der Waals surface area contributed by atoms with Crippen molar-refractivity contribution in [2.24, 2.45) is 5.92 Å². The Bertz CT molecular complexity index is 1050. The van der Waals surface area contributed by atoms with Gasteiger partial charge in [0, 0.05) is 18.7 Å². The van der Waals surface area contributed by atoms with Crippen molar-refractivity contribution in [1.82, 2.24) is 4.90 Å². The first kappa shape index (κ1) is 25.8. The molecule has 0 bridgehead atoms. The number of esters is 1. The van der Waals surface area contributed by atoms with Crippen LogP contribution in [0.1, 0.15) is 63.8 Å². The van der Waals surface area contributed by atoms with Crippen LogP contribution in [0.5, 0.6) is 5.75 Å². The third-order valence-electron chi connectivity index (χ3n) is 6.18. The SMILES string of the molecule is CC.CCOC(=O)C1=CN2C(CC1=O)c1cc(Cl)c(OCc3ccccc3)cc1CC2C(C)C. The molecule has 0 N–H and O–H groups in total. The number of rotatable bonds is 6. The van der Waals surface area contributed by atoms with Crippen molar-refractivity contribution in [2.45, 2.75) is 66.2 Å². The molecule has 4 rings (SSSR count). The zero-order valence-electron chi connectivity index (χ0n) is 20.6. The maximum atomic E-state index is 12.8. The minimum Gasteiger partial charge on any atom is -0.487 e. The summed E-state index contributed by atoms with van der Waals surface area (Å²) < 4.78 is 11.1. The summed E-state index contributed by atoms with van der Waals surface area (Å²) in [5, 5.41) is 0.523. The predicted molar refractivity (Wildman–Crippen MR) is 135 cm³/mol. The zero-order valence-corrected chi connectivity index (χ0v) is 21.4. The lowest BCUT2D eigenvalue weighted by Crippen LogP contribution is -2.47. The van der Waals surface area contributed by atoms with Crippen molar-refractivity contribution >= 4 is 23.4 Å². The standard InChI is InChI=1S/C26H28ClNO4.C2H6/c1-4-31-26(30)20-14-28-22(16(2)3)10-18-11-25(32-15-17-8-6-5-7-9-17)21(27)12-19(18)23(28)13-24(20)29;1-2/h5-9,11-12,14,16,22-23H,4,10,13,15H2,1-3H3;1-2H3. The van der Waals surface area contributed by atoms with Gasteiger partial charge >= 0.3 is 5.97 Å². The van der Waals surface area contributed by atoms with E-state index in [9.17, 15) is 9.59 Å². The quantitative estimate of drug-likeness (QED) is 0.357. The molecule has 2 aliphatic heterocycles. The molecule has 0 aromatic heterocycles. The van der Waals surface area contributed by atoms with Gasteiger partial charge in [0.1, 0.15) is 17.9 Å². The molecule has 0 saturated heterocycles. The number of hydrogen-bond acceptors (Lipinski definition) is 5. The number of benzene rings is 2. The third-order valence-corrected chi connectivity index (χ3v) is 6.48. The summed E-state index contributed by atoms with van der Waals surface area (Å²) in [4.78, 5) is 27.3. The van der Waals surface area contributed by atoms with Gasteiger partial charge in [0.25, 0.3) is 0 Å². The summed E-state index contributed by atoms with van der Waals surface area (Å²) in [6.07, 6.45) is 2.71. The lowest BCUT2D eigenvalue weighted by Gasteiger charge is -2.46. The molecule has 0 spiro atoms. The first-order valence-electron chi connectivity index (χ1n) is 12.1. The highest BCUT2D eigenvalue weighted by atomic mass is 35.5. The molecule has 2 unspecified atom stereocenters. The Morgan fingerprint density at radius 3 is 2.50 bits per heavy atom. The van der Waals surface area contributed by atoms with Gasteiger partial charge < -0.3 is 14.4 Å². The van der Waals surface area contributed by atoms with Crippen LogP contribution in [-0.4, -0.2) is 29.3 Å². The van der Waals surface area contributed by atoms with Crippen LogP contribution in [-0.2, 0) is 27.4 Å². The van der Waals surface area contributed by atoms with Gasteiger partial charge in [-0.3, -0.25) is 4.79 Å². The molecule has 0 fully saturated rings. The van der Waals surface area contributed by atoms with Gasteiger partial charge in [-0.1, -0.05) is 69.6 Å². The third kappa shape index (κ3) is 5.47. The lowest BCUT2D eigenvalue weighted by molar-refractivity contribution is -0.140. The van der Waals surface area contributed by atoms with Crippen LogP contribution in [0.15, 0.2) is 54.2 Å². The average Bonchev–Trinajstić information content (AvgIpc) is 2.84. The van der Waals surface area contributed by atoms with E-state index in [0.29, 0.717) is 23.3 Å². The monoisotopic (exact) mass is 483 g/mol. The van der Waals surface area contributed by atoms with Gasteiger partial charge in [-0.15, -0.1) is 0 Å². The zero-order chi connectivity index (χ0) is 24.8. The van der Waals surface area contributed by atoms with Crippen LogP contribution in [0.2, 0.25) is 5.02 Å². The highest BCUT2D eigenvalue weighted by Gasteiger charge is 2.41.